The molecular weight excluding hydrogens is 216 g/mol. The molecule has 0 atom stereocenters. The van der Waals surface area contributed by atoms with Gasteiger partial charge < -0.3 is 15.4 Å². The number of benzene rings is 1. The molecule has 0 unspecified atom stereocenters. The molecule has 0 aliphatic heterocycles. The zero-order valence-electron chi connectivity index (χ0n) is 10.7. The SMILES string of the molecule is CCNCCC(=O)Nc1cc(OC)ccc1C. The maximum Gasteiger partial charge on any atom is 0.225 e. The molecule has 17 heavy (non-hydrogen) atoms. The second kappa shape index (κ2) is 6.91. The monoisotopic (exact) mass is 236 g/mol. The van der Waals surface area contributed by atoms with Crippen LogP contribution in [-0.4, -0.2) is 26.1 Å². The van der Waals surface area contributed by atoms with Gasteiger partial charge in [0.2, 0.25) is 5.91 Å². The van der Waals surface area contributed by atoms with E-state index in [1.165, 1.54) is 0 Å². The molecule has 94 valence electrons. The fourth-order valence-corrected chi connectivity index (χ4v) is 1.45. The molecule has 0 aliphatic carbocycles. The third-order valence-electron chi connectivity index (χ3n) is 2.50. The van der Waals surface area contributed by atoms with Crippen LogP contribution in [0.1, 0.15) is 18.9 Å². The van der Waals surface area contributed by atoms with Gasteiger partial charge in [-0.25, -0.2) is 0 Å². The van der Waals surface area contributed by atoms with Gasteiger partial charge in [0.1, 0.15) is 5.75 Å². The molecule has 0 spiro atoms. The molecular formula is C13H20N2O2. The van der Waals surface area contributed by atoms with E-state index >= 15 is 0 Å². The summed E-state index contributed by atoms with van der Waals surface area (Å²) in [6.07, 6.45) is 0.477. The van der Waals surface area contributed by atoms with Gasteiger partial charge in [-0.1, -0.05) is 13.0 Å². The Hall–Kier alpha value is -1.55. The predicted molar refractivity (Wildman–Crippen MR) is 69.5 cm³/mol. The third-order valence-corrected chi connectivity index (χ3v) is 2.50. The fourth-order valence-electron chi connectivity index (χ4n) is 1.45. The van der Waals surface area contributed by atoms with Crippen LogP contribution in [0, 0.1) is 6.92 Å². The second-order valence-electron chi connectivity index (χ2n) is 3.83. The van der Waals surface area contributed by atoms with Gasteiger partial charge in [0.15, 0.2) is 0 Å². The Balaban J connectivity index is 2.57. The summed E-state index contributed by atoms with van der Waals surface area (Å²) in [6.45, 7) is 5.56. The summed E-state index contributed by atoms with van der Waals surface area (Å²) >= 11 is 0. The topological polar surface area (TPSA) is 50.4 Å². The highest BCUT2D eigenvalue weighted by molar-refractivity contribution is 5.91. The fraction of sp³-hybridized carbons (Fsp3) is 0.462. The van der Waals surface area contributed by atoms with Crippen molar-refractivity contribution >= 4 is 11.6 Å². The highest BCUT2D eigenvalue weighted by atomic mass is 16.5. The van der Waals surface area contributed by atoms with Crippen LogP contribution in [0.4, 0.5) is 5.69 Å². The highest BCUT2D eigenvalue weighted by Gasteiger charge is 2.05. The van der Waals surface area contributed by atoms with Crippen LogP contribution in [-0.2, 0) is 4.79 Å². The van der Waals surface area contributed by atoms with Crippen LogP contribution >= 0.6 is 0 Å². The van der Waals surface area contributed by atoms with Crippen LogP contribution in [0.2, 0.25) is 0 Å². The highest BCUT2D eigenvalue weighted by Crippen LogP contribution is 2.21. The molecule has 0 aromatic heterocycles. The maximum atomic E-state index is 11.6. The normalized spacial score (nSPS) is 10.1. The Bertz CT molecular complexity index is 378. The first-order valence-electron chi connectivity index (χ1n) is 5.82. The molecule has 0 bridgehead atoms. The number of carbonyl (C=O) groups excluding carboxylic acids is 1. The molecule has 1 aromatic rings. The van der Waals surface area contributed by atoms with Crippen molar-refractivity contribution in [2.75, 3.05) is 25.5 Å². The molecule has 2 N–H and O–H groups in total. The number of methoxy groups -OCH3 is 1. The van der Waals surface area contributed by atoms with Gasteiger partial charge in [-0.3, -0.25) is 4.79 Å². The molecule has 0 saturated heterocycles. The number of anilines is 1. The summed E-state index contributed by atoms with van der Waals surface area (Å²) < 4.78 is 5.13. The minimum absolute atomic E-state index is 0.0160. The van der Waals surface area contributed by atoms with Crippen molar-refractivity contribution in [3.8, 4) is 5.75 Å². The van der Waals surface area contributed by atoms with Gasteiger partial charge in [0, 0.05) is 24.7 Å². The number of hydrogen-bond donors (Lipinski definition) is 2. The molecule has 1 rings (SSSR count). The predicted octanol–water partition coefficient (Wildman–Crippen LogP) is 1.94. The summed E-state index contributed by atoms with van der Waals surface area (Å²) in [4.78, 5) is 11.6. The Morgan fingerprint density at radius 2 is 2.18 bits per heavy atom. The van der Waals surface area contributed by atoms with E-state index in [-0.39, 0.29) is 5.91 Å². The van der Waals surface area contributed by atoms with E-state index in [0.717, 1.165) is 23.5 Å². The smallest absolute Gasteiger partial charge is 0.225 e. The van der Waals surface area contributed by atoms with Crippen LogP contribution in [0.5, 0.6) is 5.75 Å². The Morgan fingerprint density at radius 1 is 1.41 bits per heavy atom. The number of nitrogens with one attached hydrogen (secondary N) is 2. The van der Waals surface area contributed by atoms with Crippen molar-refractivity contribution in [3.63, 3.8) is 0 Å². The van der Waals surface area contributed by atoms with Gasteiger partial charge in [-0.2, -0.15) is 0 Å². The maximum absolute atomic E-state index is 11.6. The number of carbonyl (C=O) groups is 1. The molecule has 0 radical (unpaired) electrons. The molecule has 0 fully saturated rings. The van der Waals surface area contributed by atoms with Gasteiger partial charge in [0.25, 0.3) is 0 Å². The van der Waals surface area contributed by atoms with Crippen molar-refractivity contribution in [1.82, 2.24) is 5.32 Å². The van der Waals surface area contributed by atoms with Crippen molar-refractivity contribution < 1.29 is 9.53 Å². The summed E-state index contributed by atoms with van der Waals surface area (Å²) in [5.41, 5.74) is 1.84. The quantitative estimate of drug-likeness (QED) is 0.742. The van der Waals surface area contributed by atoms with E-state index in [4.69, 9.17) is 4.74 Å². The van der Waals surface area contributed by atoms with E-state index in [0.29, 0.717) is 13.0 Å². The van der Waals surface area contributed by atoms with Gasteiger partial charge in [0.05, 0.1) is 7.11 Å². The summed E-state index contributed by atoms with van der Waals surface area (Å²) in [5, 5.41) is 6.00. The van der Waals surface area contributed by atoms with Crippen LogP contribution in [0.3, 0.4) is 0 Å². The van der Waals surface area contributed by atoms with Crippen LogP contribution in [0.15, 0.2) is 18.2 Å². The number of ether oxygens (including phenoxy) is 1. The Kier molecular flexibility index (Phi) is 5.49. The van der Waals surface area contributed by atoms with Gasteiger partial charge in [-0.05, 0) is 25.1 Å². The summed E-state index contributed by atoms with van der Waals surface area (Å²) in [7, 11) is 1.61. The van der Waals surface area contributed by atoms with Crippen LogP contribution < -0.4 is 15.4 Å². The van der Waals surface area contributed by atoms with Crippen molar-refractivity contribution in [1.29, 1.82) is 0 Å². The van der Waals surface area contributed by atoms with E-state index in [2.05, 4.69) is 10.6 Å². The lowest BCUT2D eigenvalue weighted by molar-refractivity contribution is -0.116. The molecule has 4 heteroatoms. The Labute approximate surface area is 102 Å². The minimum atomic E-state index is 0.0160. The molecule has 0 heterocycles. The number of hydrogen-bond acceptors (Lipinski definition) is 3. The van der Waals surface area contributed by atoms with Crippen LogP contribution in [0.25, 0.3) is 0 Å². The van der Waals surface area contributed by atoms with Gasteiger partial charge >= 0.3 is 0 Å². The first-order valence-corrected chi connectivity index (χ1v) is 5.82. The largest absolute Gasteiger partial charge is 0.497 e. The lowest BCUT2D eigenvalue weighted by Gasteiger charge is -2.10. The summed E-state index contributed by atoms with van der Waals surface area (Å²) in [6, 6.07) is 5.64. The number of amides is 1. The molecule has 4 nitrogen and oxygen atoms in total. The first kappa shape index (κ1) is 13.5. The van der Waals surface area contributed by atoms with Gasteiger partial charge in [-0.15, -0.1) is 0 Å². The van der Waals surface area contributed by atoms with Crippen molar-refractivity contribution in [3.05, 3.63) is 23.8 Å². The van der Waals surface area contributed by atoms with E-state index in [9.17, 15) is 4.79 Å². The zero-order valence-corrected chi connectivity index (χ0v) is 10.7. The van der Waals surface area contributed by atoms with E-state index < -0.39 is 0 Å². The minimum Gasteiger partial charge on any atom is -0.497 e. The van der Waals surface area contributed by atoms with Crippen molar-refractivity contribution in [2.24, 2.45) is 0 Å². The number of rotatable bonds is 6. The average Bonchev–Trinajstić information content (AvgIpc) is 2.32. The lowest BCUT2D eigenvalue weighted by Crippen LogP contribution is -2.21. The number of aryl methyl sites for hydroxylation is 1. The standard InChI is InChI=1S/C13H20N2O2/c1-4-14-8-7-13(16)15-12-9-11(17-3)6-5-10(12)2/h5-6,9,14H,4,7-8H2,1-3H3,(H,15,16). The average molecular weight is 236 g/mol. The Morgan fingerprint density at radius 3 is 2.82 bits per heavy atom. The lowest BCUT2D eigenvalue weighted by atomic mass is 10.2. The van der Waals surface area contributed by atoms with E-state index in [1.807, 2.05) is 32.0 Å². The van der Waals surface area contributed by atoms with E-state index in [1.54, 1.807) is 7.11 Å². The van der Waals surface area contributed by atoms with Crippen molar-refractivity contribution in [2.45, 2.75) is 20.3 Å². The summed E-state index contributed by atoms with van der Waals surface area (Å²) in [5.74, 6) is 0.764. The molecule has 0 saturated carbocycles. The molecule has 1 aromatic carbocycles. The second-order valence-corrected chi connectivity index (χ2v) is 3.83. The molecule has 1 amide bonds. The third kappa shape index (κ3) is 4.44. The molecule has 0 aliphatic rings. The first-order chi connectivity index (χ1) is 8.17. The zero-order chi connectivity index (χ0) is 12.7.